The van der Waals surface area contributed by atoms with Crippen LogP contribution in [0.4, 0.5) is 17.5 Å². The van der Waals surface area contributed by atoms with Crippen LogP contribution < -0.4 is 15.5 Å². The van der Waals surface area contributed by atoms with E-state index >= 15 is 0 Å². The molecular weight excluding hydrogens is 348 g/mol. The van der Waals surface area contributed by atoms with Crippen LogP contribution in [0.1, 0.15) is 50.4 Å². The minimum absolute atomic E-state index is 0.485. The average molecular weight is 379 g/mol. The molecule has 1 aliphatic heterocycles. The van der Waals surface area contributed by atoms with Gasteiger partial charge in [0.1, 0.15) is 5.82 Å². The van der Waals surface area contributed by atoms with Crippen LogP contribution in [-0.4, -0.2) is 35.1 Å². The fourth-order valence-electron chi connectivity index (χ4n) is 3.61. The van der Waals surface area contributed by atoms with Crippen LogP contribution >= 0.6 is 0 Å². The first-order valence-corrected chi connectivity index (χ1v) is 10.1. The molecule has 1 atom stereocenters. The van der Waals surface area contributed by atoms with Crippen molar-refractivity contribution >= 4 is 17.5 Å². The van der Waals surface area contributed by atoms with Crippen LogP contribution in [0, 0.1) is 18.3 Å². The Bertz CT molecular complexity index is 855. The predicted molar refractivity (Wildman–Crippen MR) is 114 cm³/mol. The fourth-order valence-corrected chi connectivity index (χ4v) is 3.61. The van der Waals surface area contributed by atoms with E-state index in [0.717, 1.165) is 55.1 Å². The predicted octanol–water partition coefficient (Wildman–Crippen LogP) is 3.93. The van der Waals surface area contributed by atoms with Gasteiger partial charge in [0, 0.05) is 42.6 Å². The zero-order chi connectivity index (χ0) is 20.1. The lowest BCUT2D eigenvalue weighted by molar-refractivity contribution is 0.492. The summed E-state index contributed by atoms with van der Waals surface area (Å²) in [5.74, 6) is 1.57. The second kappa shape index (κ2) is 9.03. The monoisotopic (exact) mass is 378 g/mol. The Kier molecular flexibility index (Phi) is 6.48. The summed E-state index contributed by atoms with van der Waals surface area (Å²) < 4.78 is 0. The molecule has 6 nitrogen and oxygen atoms in total. The number of anilines is 3. The Morgan fingerprint density at radius 3 is 2.82 bits per heavy atom. The molecule has 0 spiro atoms. The molecule has 2 aromatic rings. The van der Waals surface area contributed by atoms with Crippen LogP contribution in [0.5, 0.6) is 0 Å². The van der Waals surface area contributed by atoms with Gasteiger partial charge in [-0.1, -0.05) is 33.3 Å². The third kappa shape index (κ3) is 4.99. The summed E-state index contributed by atoms with van der Waals surface area (Å²) in [6.07, 6.45) is 3.08. The minimum Gasteiger partial charge on any atom is -0.355 e. The standard InChI is InChI=1S/C22H30N6/c1-5-6-18-12-21(28-10-9-20(14-28)24-15(2)3)27-22(25-18)26-19-8-7-16(4)17(11-19)13-23/h7-8,11-12,15,20,24H,5-6,9-10,14H2,1-4H3,(H,25,26,27)/t20-/m0/s1. The number of hydrogen-bond donors (Lipinski definition) is 2. The molecule has 1 saturated heterocycles. The van der Waals surface area contributed by atoms with E-state index in [4.69, 9.17) is 4.98 Å². The van der Waals surface area contributed by atoms with Crippen LogP contribution in [0.15, 0.2) is 24.3 Å². The van der Waals surface area contributed by atoms with Crippen LogP contribution in [0.25, 0.3) is 0 Å². The van der Waals surface area contributed by atoms with E-state index in [1.54, 1.807) is 0 Å². The van der Waals surface area contributed by atoms with Crippen molar-refractivity contribution in [2.75, 3.05) is 23.3 Å². The first-order chi connectivity index (χ1) is 13.5. The van der Waals surface area contributed by atoms with Crippen LogP contribution in [0.3, 0.4) is 0 Å². The quantitative estimate of drug-likeness (QED) is 0.760. The molecule has 2 N–H and O–H groups in total. The summed E-state index contributed by atoms with van der Waals surface area (Å²) in [5.41, 5.74) is 3.51. The lowest BCUT2D eigenvalue weighted by atomic mass is 10.1. The van der Waals surface area contributed by atoms with E-state index in [-0.39, 0.29) is 0 Å². The van der Waals surface area contributed by atoms with E-state index < -0.39 is 0 Å². The number of aryl methyl sites for hydroxylation is 2. The van der Waals surface area contributed by atoms with E-state index in [0.29, 0.717) is 23.6 Å². The third-order valence-corrected chi connectivity index (χ3v) is 4.97. The molecule has 0 radical (unpaired) electrons. The highest BCUT2D eigenvalue weighted by atomic mass is 15.3. The number of benzene rings is 1. The first kappa shape index (κ1) is 20.1. The van der Waals surface area contributed by atoms with E-state index in [9.17, 15) is 5.26 Å². The highest BCUT2D eigenvalue weighted by molar-refractivity contribution is 5.59. The molecule has 0 amide bonds. The molecule has 0 bridgehead atoms. The molecule has 0 unspecified atom stereocenters. The number of hydrogen-bond acceptors (Lipinski definition) is 6. The highest BCUT2D eigenvalue weighted by Crippen LogP contribution is 2.24. The Labute approximate surface area is 168 Å². The Morgan fingerprint density at radius 2 is 2.11 bits per heavy atom. The van der Waals surface area contributed by atoms with E-state index in [2.05, 4.69) is 53.4 Å². The molecule has 0 aliphatic carbocycles. The summed E-state index contributed by atoms with van der Waals surface area (Å²) >= 11 is 0. The molecule has 1 aromatic heterocycles. The van der Waals surface area contributed by atoms with Gasteiger partial charge in [-0.15, -0.1) is 0 Å². The number of nitrogens with zero attached hydrogens (tertiary/aromatic N) is 4. The molecule has 148 valence electrons. The van der Waals surface area contributed by atoms with Crippen molar-refractivity contribution in [3.05, 3.63) is 41.1 Å². The summed E-state index contributed by atoms with van der Waals surface area (Å²) in [7, 11) is 0. The maximum absolute atomic E-state index is 9.28. The zero-order valence-corrected chi connectivity index (χ0v) is 17.3. The third-order valence-electron chi connectivity index (χ3n) is 4.97. The normalized spacial score (nSPS) is 16.4. The summed E-state index contributed by atoms with van der Waals surface area (Å²) in [6.45, 7) is 10.4. The van der Waals surface area contributed by atoms with Crippen molar-refractivity contribution in [2.24, 2.45) is 0 Å². The van der Waals surface area contributed by atoms with Gasteiger partial charge >= 0.3 is 0 Å². The molecule has 28 heavy (non-hydrogen) atoms. The average Bonchev–Trinajstić information content (AvgIpc) is 3.11. The number of aromatic nitrogens is 2. The zero-order valence-electron chi connectivity index (χ0n) is 17.3. The maximum Gasteiger partial charge on any atom is 0.229 e. The van der Waals surface area contributed by atoms with Crippen molar-refractivity contribution in [1.29, 1.82) is 5.26 Å². The number of nitrogens with one attached hydrogen (secondary N) is 2. The fraction of sp³-hybridized carbons (Fsp3) is 0.500. The molecule has 1 aliphatic rings. The van der Waals surface area contributed by atoms with Gasteiger partial charge in [0.2, 0.25) is 5.95 Å². The van der Waals surface area contributed by atoms with Crippen LogP contribution in [-0.2, 0) is 6.42 Å². The Balaban J connectivity index is 1.83. The topological polar surface area (TPSA) is 76.9 Å². The molecule has 1 fully saturated rings. The Hall–Kier alpha value is -2.65. The van der Waals surface area contributed by atoms with Gasteiger partial charge in [-0.2, -0.15) is 10.2 Å². The smallest absolute Gasteiger partial charge is 0.229 e. The summed E-state index contributed by atoms with van der Waals surface area (Å²) in [4.78, 5) is 11.8. The second-order valence-corrected chi connectivity index (χ2v) is 7.81. The molecule has 0 saturated carbocycles. The van der Waals surface area contributed by atoms with E-state index in [1.807, 2.05) is 25.1 Å². The molecule has 1 aromatic carbocycles. The van der Waals surface area contributed by atoms with Gasteiger partial charge in [-0.3, -0.25) is 0 Å². The molecular formula is C22H30N6. The lowest BCUT2D eigenvalue weighted by Gasteiger charge is -2.20. The molecule has 6 heteroatoms. The SMILES string of the molecule is CCCc1cc(N2CC[C@H](NC(C)C)C2)nc(Nc2ccc(C)c(C#N)c2)n1. The highest BCUT2D eigenvalue weighted by Gasteiger charge is 2.24. The lowest BCUT2D eigenvalue weighted by Crippen LogP contribution is -2.37. The van der Waals surface area contributed by atoms with Crippen molar-refractivity contribution in [3.63, 3.8) is 0 Å². The van der Waals surface area contributed by atoms with Crippen molar-refractivity contribution in [3.8, 4) is 6.07 Å². The van der Waals surface area contributed by atoms with E-state index in [1.165, 1.54) is 0 Å². The van der Waals surface area contributed by atoms with Crippen molar-refractivity contribution < 1.29 is 0 Å². The summed E-state index contributed by atoms with van der Waals surface area (Å²) in [5, 5.41) is 16.2. The molecule has 2 heterocycles. The largest absolute Gasteiger partial charge is 0.355 e. The maximum atomic E-state index is 9.28. The van der Waals surface area contributed by atoms with Gasteiger partial charge < -0.3 is 15.5 Å². The van der Waals surface area contributed by atoms with Gasteiger partial charge in [0.05, 0.1) is 11.6 Å². The first-order valence-electron chi connectivity index (χ1n) is 10.1. The van der Waals surface area contributed by atoms with Gasteiger partial charge in [0.15, 0.2) is 0 Å². The molecule has 3 rings (SSSR count). The number of nitriles is 1. The minimum atomic E-state index is 0.485. The van der Waals surface area contributed by atoms with Crippen LogP contribution in [0.2, 0.25) is 0 Å². The van der Waals surface area contributed by atoms with Gasteiger partial charge in [0.25, 0.3) is 0 Å². The number of rotatable bonds is 7. The summed E-state index contributed by atoms with van der Waals surface area (Å²) in [6, 6.07) is 11.1. The van der Waals surface area contributed by atoms with Gasteiger partial charge in [-0.05, 0) is 37.5 Å². The second-order valence-electron chi connectivity index (χ2n) is 7.81. The van der Waals surface area contributed by atoms with Crippen molar-refractivity contribution in [1.82, 2.24) is 15.3 Å². The van der Waals surface area contributed by atoms with Gasteiger partial charge in [-0.25, -0.2) is 4.98 Å². The van der Waals surface area contributed by atoms with Crippen molar-refractivity contribution in [2.45, 2.75) is 59.0 Å². The Morgan fingerprint density at radius 1 is 1.29 bits per heavy atom.